The summed E-state index contributed by atoms with van der Waals surface area (Å²) in [6, 6.07) is 8.49. The van der Waals surface area contributed by atoms with Crippen LogP contribution in [0.1, 0.15) is 48.2 Å². The monoisotopic (exact) mass is 256 g/mol. The molecule has 1 aliphatic rings. The molecule has 0 atom stereocenters. The van der Waals surface area contributed by atoms with E-state index >= 15 is 0 Å². The molecule has 0 spiro atoms. The Balaban J connectivity index is 1.77. The van der Waals surface area contributed by atoms with Crippen LogP contribution in [0.2, 0.25) is 0 Å². The lowest BCUT2D eigenvalue weighted by atomic mass is 9.95. The minimum absolute atomic E-state index is 0.0285. The average molecular weight is 256 g/mol. The van der Waals surface area contributed by atoms with Gasteiger partial charge in [0, 0.05) is 16.9 Å². The van der Waals surface area contributed by atoms with E-state index in [4.69, 9.17) is 0 Å². The number of H-pyrrole nitrogens is 1. The van der Waals surface area contributed by atoms with Gasteiger partial charge in [-0.1, -0.05) is 30.9 Å². The number of rotatable bonds is 2. The second kappa shape index (κ2) is 5.08. The highest BCUT2D eigenvalue weighted by atomic mass is 16.1. The van der Waals surface area contributed by atoms with Crippen molar-refractivity contribution in [3.8, 4) is 0 Å². The molecule has 1 fully saturated rings. The van der Waals surface area contributed by atoms with Crippen LogP contribution in [0.5, 0.6) is 0 Å². The molecular formula is C16H20N2O. The Kier molecular flexibility index (Phi) is 3.28. The van der Waals surface area contributed by atoms with Crippen LogP contribution in [0.25, 0.3) is 10.9 Å². The molecule has 1 saturated carbocycles. The predicted molar refractivity (Wildman–Crippen MR) is 77.4 cm³/mol. The zero-order chi connectivity index (χ0) is 13.2. The van der Waals surface area contributed by atoms with Crippen LogP contribution in [0.4, 0.5) is 0 Å². The first-order chi connectivity index (χ1) is 9.22. The summed E-state index contributed by atoms with van der Waals surface area (Å²) < 4.78 is 0. The van der Waals surface area contributed by atoms with Crippen LogP contribution in [-0.4, -0.2) is 16.9 Å². The normalized spacial score (nSPS) is 16.7. The third-order valence-electron chi connectivity index (χ3n) is 3.96. The Morgan fingerprint density at radius 3 is 2.79 bits per heavy atom. The van der Waals surface area contributed by atoms with E-state index < -0.39 is 0 Å². The number of nitrogens with one attached hydrogen (secondary N) is 2. The zero-order valence-corrected chi connectivity index (χ0v) is 11.3. The van der Waals surface area contributed by atoms with Crippen LogP contribution in [0.3, 0.4) is 0 Å². The summed E-state index contributed by atoms with van der Waals surface area (Å²) in [6.45, 7) is 2.06. The van der Waals surface area contributed by atoms with E-state index in [9.17, 15) is 4.79 Å². The number of carbonyl (C=O) groups excluding carboxylic acids is 1. The van der Waals surface area contributed by atoms with Gasteiger partial charge in [-0.05, 0) is 38.0 Å². The molecule has 100 valence electrons. The SMILES string of the molecule is Cc1ccc2[nH]c(C(=O)NC3CCCCC3)cc2c1. The Hall–Kier alpha value is -1.77. The van der Waals surface area contributed by atoms with Gasteiger partial charge >= 0.3 is 0 Å². The molecule has 19 heavy (non-hydrogen) atoms. The van der Waals surface area contributed by atoms with E-state index in [0.29, 0.717) is 11.7 Å². The van der Waals surface area contributed by atoms with Crippen molar-refractivity contribution < 1.29 is 4.79 Å². The van der Waals surface area contributed by atoms with Gasteiger partial charge in [0.1, 0.15) is 5.69 Å². The Morgan fingerprint density at radius 1 is 1.21 bits per heavy atom. The number of aromatic amines is 1. The van der Waals surface area contributed by atoms with Crippen molar-refractivity contribution in [1.82, 2.24) is 10.3 Å². The number of benzene rings is 1. The number of hydrogen-bond acceptors (Lipinski definition) is 1. The number of fused-ring (bicyclic) bond motifs is 1. The highest BCUT2D eigenvalue weighted by molar-refractivity contribution is 5.98. The van der Waals surface area contributed by atoms with E-state index in [1.165, 1.54) is 24.8 Å². The van der Waals surface area contributed by atoms with Crippen molar-refractivity contribution >= 4 is 16.8 Å². The third kappa shape index (κ3) is 2.65. The van der Waals surface area contributed by atoms with E-state index in [0.717, 1.165) is 23.7 Å². The van der Waals surface area contributed by atoms with Crippen LogP contribution in [-0.2, 0) is 0 Å². The molecule has 0 aliphatic heterocycles. The minimum Gasteiger partial charge on any atom is -0.351 e. The quantitative estimate of drug-likeness (QED) is 0.848. The molecule has 3 nitrogen and oxygen atoms in total. The Labute approximate surface area is 113 Å². The van der Waals surface area contributed by atoms with Gasteiger partial charge in [0.05, 0.1) is 0 Å². The summed E-state index contributed by atoms with van der Waals surface area (Å²) in [5.41, 5.74) is 2.91. The molecule has 2 N–H and O–H groups in total. The summed E-state index contributed by atoms with van der Waals surface area (Å²) >= 11 is 0. The lowest BCUT2D eigenvalue weighted by molar-refractivity contribution is 0.0923. The van der Waals surface area contributed by atoms with Crippen molar-refractivity contribution in [2.75, 3.05) is 0 Å². The highest BCUT2D eigenvalue weighted by Crippen LogP contribution is 2.19. The Morgan fingerprint density at radius 2 is 2.00 bits per heavy atom. The smallest absolute Gasteiger partial charge is 0.267 e. The van der Waals surface area contributed by atoms with Gasteiger partial charge < -0.3 is 10.3 Å². The fourth-order valence-electron chi connectivity index (χ4n) is 2.88. The minimum atomic E-state index is 0.0285. The fourth-order valence-corrected chi connectivity index (χ4v) is 2.88. The molecule has 1 aliphatic carbocycles. The lowest BCUT2D eigenvalue weighted by Gasteiger charge is -2.22. The summed E-state index contributed by atoms with van der Waals surface area (Å²) in [7, 11) is 0. The maximum absolute atomic E-state index is 12.2. The van der Waals surface area contributed by atoms with E-state index in [-0.39, 0.29) is 5.91 Å². The molecule has 0 radical (unpaired) electrons. The van der Waals surface area contributed by atoms with Crippen molar-refractivity contribution in [3.63, 3.8) is 0 Å². The molecule has 1 heterocycles. The largest absolute Gasteiger partial charge is 0.351 e. The van der Waals surface area contributed by atoms with Crippen LogP contribution < -0.4 is 5.32 Å². The van der Waals surface area contributed by atoms with E-state index in [1.54, 1.807) is 0 Å². The molecule has 2 aromatic rings. The maximum atomic E-state index is 12.2. The molecule has 0 unspecified atom stereocenters. The van der Waals surface area contributed by atoms with Crippen molar-refractivity contribution in [2.45, 2.75) is 45.1 Å². The summed E-state index contributed by atoms with van der Waals surface area (Å²) in [6.07, 6.45) is 6.00. The topological polar surface area (TPSA) is 44.9 Å². The molecule has 0 saturated heterocycles. The van der Waals surface area contributed by atoms with Gasteiger partial charge in [-0.3, -0.25) is 4.79 Å². The van der Waals surface area contributed by atoms with E-state index in [2.05, 4.69) is 29.4 Å². The number of hydrogen-bond donors (Lipinski definition) is 2. The number of carbonyl (C=O) groups is 1. The maximum Gasteiger partial charge on any atom is 0.267 e. The van der Waals surface area contributed by atoms with Crippen molar-refractivity contribution in [3.05, 3.63) is 35.5 Å². The van der Waals surface area contributed by atoms with E-state index in [1.807, 2.05) is 12.1 Å². The summed E-state index contributed by atoms with van der Waals surface area (Å²) in [5, 5.41) is 4.25. The van der Waals surface area contributed by atoms with Crippen LogP contribution in [0.15, 0.2) is 24.3 Å². The predicted octanol–water partition coefficient (Wildman–Crippen LogP) is 3.54. The molecule has 1 aromatic carbocycles. The highest BCUT2D eigenvalue weighted by Gasteiger charge is 2.17. The fraction of sp³-hybridized carbons (Fsp3) is 0.438. The molecule has 3 heteroatoms. The molecule has 1 aromatic heterocycles. The first kappa shape index (κ1) is 12.3. The van der Waals surface area contributed by atoms with Gasteiger partial charge in [-0.25, -0.2) is 0 Å². The Bertz CT molecular complexity index is 594. The second-order valence-electron chi connectivity index (χ2n) is 5.58. The molecular weight excluding hydrogens is 236 g/mol. The number of aromatic nitrogens is 1. The molecule has 0 bridgehead atoms. The third-order valence-corrected chi connectivity index (χ3v) is 3.96. The average Bonchev–Trinajstić information content (AvgIpc) is 2.83. The summed E-state index contributed by atoms with van der Waals surface area (Å²) in [5.74, 6) is 0.0285. The number of aryl methyl sites for hydroxylation is 1. The van der Waals surface area contributed by atoms with Gasteiger partial charge in [-0.2, -0.15) is 0 Å². The summed E-state index contributed by atoms with van der Waals surface area (Å²) in [4.78, 5) is 15.4. The van der Waals surface area contributed by atoms with Gasteiger partial charge in [-0.15, -0.1) is 0 Å². The molecule has 3 rings (SSSR count). The van der Waals surface area contributed by atoms with Crippen LogP contribution in [0, 0.1) is 6.92 Å². The standard InChI is InChI=1S/C16H20N2O/c1-11-7-8-14-12(9-11)10-15(18-14)16(19)17-13-5-3-2-4-6-13/h7-10,13,18H,2-6H2,1H3,(H,17,19). The first-order valence-corrected chi connectivity index (χ1v) is 7.12. The number of amides is 1. The van der Waals surface area contributed by atoms with Gasteiger partial charge in [0.2, 0.25) is 0 Å². The van der Waals surface area contributed by atoms with Crippen molar-refractivity contribution in [2.24, 2.45) is 0 Å². The van der Waals surface area contributed by atoms with Gasteiger partial charge in [0.15, 0.2) is 0 Å². The zero-order valence-electron chi connectivity index (χ0n) is 11.3. The van der Waals surface area contributed by atoms with Crippen LogP contribution >= 0.6 is 0 Å². The first-order valence-electron chi connectivity index (χ1n) is 7.12. The second-order valence-corrected chi connectivity index (χ2v) is 5.58. The van der Waals surface area contributed by atoms with Gasteiger partial charge in [0.25, 0.3) is 5.91 Å². The van der Waals surface area contributed by atoms with Crippen molar-refractivity contribution in [1.29, 1.82) is 0 Å². The lowest BCUT2D eigenvalue weighted by Crippen LogP contribution is -2.36. The molecule has 1 amide bonds.